The van der Waals surface area contributed by atoms with E-state index in [1.807, 2.05) is 0 Å². The van der Waals surface area contributed by atoms with Gasteiger partial charge in [0.1, 0.15) is 0 Å². The number of carbonyl (C=O) groups is 1. The number of primary amides is 1. The molecule has 0 spiro atoms. The molecule has 0 aromatic rings. The molecule has 1 heterocycles. The van der Waals surface area contributed by atoms with E-state index < -0.39 is 0 Å². The summed E-state index contributed by atoms with van der Waals surface area (Å²) >= 11 is 0. The molecule has 0 aromatic heterocycles. The Morgan fingerprint density at radius 1 is 1.70 bits per heavy atom. The van der Waals surface area contributed by atoms with E-state index >= 15 is 0 Å². The number of rotatable bonds is 1. The molecule has 0 radical (unpaired) electrons. The van der Waals surface area contributed by atoms with Crippen molar-refractivity contribution in [2.24, 2.45) is 11.7 Å². The SMILES string of the molecule is CC1CN[C@H](C(N)=O)C1.Cl. The molecule has 1 amide bonds. The van der Waals surface area contributed by atoms with Gasteiger partial charge in [0, 0.05) is 0 Å². The molecular weight excluding hydrogens is 152 g/mol. The number of halogens is 1. The Kier molecular flexibility index (Phi) is 3.68. The molecule has 4 heteroatoms. The Hall–Kier alpha value is -0.280. The number of amides is 1. The van der Waals surface area contributed by atoms with Gasteiger partial charge in [-0.25, -0.2) is 0 Å². The molecular formula is C6H13ClN2O. The monoisotopic (exact) mass is 164 g/mol. The Morgan fingerprint density at radius 3 is 2.50 bits per heavy atom. The van der Waals surface area contributed by atoms with Crippen molar-refractivity contribution in [1.82, 2.24) is 5.32 Å². The summed E-state index contributed by atoms with van der Waals surface area (Å²) in [6.07, 6.45) is 0.898. The second-order valence-corrected chi connectivity index (χ2v) is 2.70. The van der Waals surface area contributed by atoms with Gasteiger partial charge >= 0.3 is 0 Å². The summed E-state index contributed by atoms with van der Waals surface area (Å²) in [7, 11) is 0. The van der Waals surface area contributed by atoms with Crippen LogP contribution in [0.2, 0.25) is 0 Å². The molecule has 1 rings (SSSR count). The van der Waals surface area contributed by atoms with Crippen LogP contribution in [0.5, 0.6) is 0 Å². The zero-order chi connectivity index (χ0) is 6.85. The fourth-order valence-electron chi connectivity index (χ4n) is 1.13. The van der Waals surface area contributed by atoms with Crippen molar-refractivity contribution in [3.05, 3.63) is 0 Å². The van der Waals surface area contributed by atoms with E-state index in [0.717, 1.165) is 13.0 Å². The van der Waals surface area contributed by atoms with Gasteiger partial charge in [0.25, 0.3) is 0 Å². The van der Waals surface area contributed by atoms with Gasteiger partial charge in [0.05, 0.1) is 6.04 Å². The number of hydrogen-bond donors (Lipinski definition) is 2. The fourth-order valence-corrected chi connectivity index (χ4v) is 1.13. The highest BCUT2D eigenvalue weighted by molar-refractivity contribution is 5.85. The van der Waals surface area contributed by atoms with Gasteiger partial charge in [-0.1, -0.05) is 6.92 Å². The second kappa shape index (κ2) is 3.78. The smallest absolute Gasteiger partial charge is 0.234 e. The van der Waals surface area contributed by atoms with Crippen molar-refractivity contribution >= 4 is 18.3 Å². The van der Waals surface area contributed by atoms with Crippen LogP contribution in [0, 0.1) is 5.92 Å². The van der Waals surface area contributed by atoms with E-state index in [1.54, 1.807) is 0 Å². The molecule has 1 saturated heterocycles. The summed E-state index contributed by atoms with van der Waals surface area (Å²) in [4.78, 5) is 10.5. The van der Waals surface area contributed by atoms with Gasteiger partial charge in [-0.2, -0.15) is 0 Å². The molecule has 3 nitrogen and oxygen atoms in total. The fraction of sp³-hybridized carbons (Fsp3) is 0.833. The topological polar surface area (TPSA) is 55.1 Å². The average molecular weight is 165 g/mol. The van der Waals surface area contributed by atoms with Crippen molar-refractivity contribution in [2.45, 2.75) is 19.4 Å². The van der Waals surface area contributed by atoms with Crippen LogP contribution in [-0.2, 0) is 4.79 Å². The summed E-state index contributed by atoms with van der Waals surface area (Å²) < 4.78 is 0. The lowest BCUT2D eigenvalue weighted by atomic mass is 10.1. The van der Waals surface area contributed by atoms with Crippen molar-refractivity contribution in [3.63, 3.8) is 0 Å². The molecule has 0 aromatic carbocycles. The van der Waals surface area contributed by atoms with Crippen molar-refractivity contribution in [2.75, 3.05) is 6.54 Å². The van der Waals surface area contributed by atoms with Crippen molar-refractivity contribution in [1.29, 1.82) is 0 Å². The molecule has 1 aliphatic heterocycles. The molecule has 0 aliphatic carbocycles. The molecule has 1 fully saturated rings. The van der Waals surface area contributed by atoms with Gasteiger partial charge in [0.15, 0.2) is 0 Å². The van der Waals surface area contributed by atoms with Crippen LogP contribution < -0.4 is 11.1 Å². The zero-order valence-electron chi connectivity index (χ0n) is 5.96. The summed E-state index contributed by atoms with van der Waals surface area (Å²) in [5.74, 6) is 0.377. The maximum absolute atomic E-state index is 10.5. The molecule has 0 saturated carbocycles. The maximum atomic E-state index is 10.5. The van der Waals surface area contributed by atoms with Crippen LogP contribution in [0.15, 0.2) is 0 Å². The van der Waals surface area contributed by atoms with Crippen LogP contribution in [-0.4, -0.2) is 18.5 Å². The predicted molar refractivity (Wildman–Crippen MR) is 42.0 cm³/mol. The average Bonchev–Trinajstić information content (AvgIpc) is 2.14. The third-order valence-corrected chi connectivity index (χ3v) is 1.69. The Labute approximate surface area is 66.8 Å². The highest BCUT2D eigenvalue weighted by atomic mass is 35.5. The number of nitrogens with two attached hydrogens (primary N) is 1. The largest absolute Gasteiger partial charge is 0.368 e. The molecule has 1 unspecified atom stereocenters. The van der Waals surface area contributed by atoms with Gasteiger partial charge in [0.2, 0.25) is 5.91 Å². The minimum atomic E-state index is -0.223. The van der Waals surface area contributed by atoms with Gasteiger partial charge in [-0.15, -0.1) is 12.4 Å². The second-order valence-electron chi connectivity index (χ2n) is 2.70. The van der Waals surface area contributed by atoms with Crippen molar-refractivity contribution < 1.29 is 4.79 Å². The zero-order valence-corrected chi connectivity index (χ0v) is 6.78. The third kappa shape index (κ3) is 2.15. The normalized spacial score (nSPS) is 31.3. The molecule has 10 heavy (non-hydrogen) atoms. The quantitative estimate of drug-likeness (QED) is 0.569. The Morgan fingerprint density at radius 2 is 2.30 bits per heavy atom. The van der Waals surface area contributed by atoms with Crippen molar-refractivity contribution in [3.8, 4) is 0 Å². The van der Waals surface area contributed by atoms with Gasteiger partial charge in [-0.05, 0) is 18.9 Å². The van der Waals surface area contributed by atoms with Gasteiger partial charge in [-0.3, -0.25) is 4.79 Å². The van der Waals surface area contributed by atoms with Crippen LogP contribution >= 0.6 is 12.4 Å². The lowest BCUT2D eigenvalue weighted by molar-refractivity contribution is -0.119. The summed E-state index contributed by atoms with van der Waals surface area (Å²) in [6, 6.07) is -0.0694. The molecule has 60 valence electrons. The lowest BCUT2D eigenvalue weighted by Crippen LogP contribution is -2.36. The minimum absolute atomic E-state index is 0. The first-order chi connectivity index (χ1) is 4.20. The van der Waals surface area contributed by atoms with Crippen LogP contribution in [0.4, 0.5) is 0 Å². The van der Waals surface area contributed by atoms with E-state index in [1.165, 1.54) is 0 Å². The first-order valence-corrected chi connectivity index (χ1v) is 3.23. The first kappa shape index (κ1) is 9.72. The standard InChI is InChI=1S/C6H12N2O.ClH/c1-4-2-5(6(7)9)8-3-4;/h4-5,8H,2-3H2,1H3,(H2,7,9);1H/t4?,5-;/m0./s1. The van der Waals surface area contributed by atoms with E-state index in [9.17, 15) is 4.79 Å². The molecule has 1 aliphatic rings. The van der Waals surface area contributed by atoms with E-state index in [2.05, 4.69) is 12.2 Å². The minimum Gasteiger partial charge on any atom is -0.368 e. The highest BCUT2D eigenvalue weighted by Gasteiger charge is 2.24. The maximum Gasteiger partial charge on any atom is 0.234 e. The number of hydrogen-bond acceptors (Lipinski definition) is 2. The highest BCUT2D eigenvalue weighted by Crippen LogP contribution is 2.11. The third-order valence-electron chi connectivity index (χ3n) is 1.69. The number of carbonyl (C=O) groups excluding carboxylic acids is 1. The summed E-state index contributed by atoms with van der Waals surface area (Å²) in [6.45, 7) is 3.03. The number of nitrogens with one attached hydrogen (secondary N) is 1. The Balaban J connectivity index is 0.000000810. The molecule has 3 N–H and O–H groups in total. The van der Waals surface area contributed by atoms with E-state index in [4.69, 9.17) is 5.73 Å². The molecule has 2 atom stereocenters. The van der Waals surface area contributed by atoms with Gasteiger partial charge < -0.3 is 11.1 Å². The van der Waals surface area contributed by atoms with Crippen LogP contribution in [0.25, 0.3) is 0 Å². The first-order valence-electron chi connectivity index (χ1n) is 3.23. The van der Waals surface area contributed by atoms with E-state index in [-0.39, 0.29) is 24.4 Å². The van der Waals surface area contributed by atoms with Crippen LogP contribution in [0.3, 0.4) is 0 Å². The molecule has 0 bridgehead atoms. The predicted octanol–water partition coefficient (Wildman–Crippen LogP) is -0.109. The summed E-state index contributed by atoms with van der Waals surface area (Å²) in [5, 5.41) is 3.03. The lowest BCUT2D eigenvalue weighted by Gasteiger charge is -2.01. The van der Waals surface area contributed by atoms with E-state index in [0.29, 0.717) is 5.92 Å². The van der Waals surface area contributed by atoms with Crippen LogP contribution in [0.1, 0.15) is 13.3 Å². The summed E-state index contributed by atoms with van der Waals surface area (Å²) in [5.41, 5.74) is 5.06. The Bertz CT molecular complexity index is 129.